The standard InChI is InChI=1S/C52H34NOP/c54-55(42-28-25-35-13-4-5-14-38(35)32-42)51-24-11-10-23-49(51)53(41-17-2-1-3-18-41)50-34-40(27-30-52(50)55)37-16-12-15-36(31-37)39-26-29-47-45-21-7-6-19-43(45)44-20-8-9-22-46(44)48(47)33-39/h1-34H. The molecule has 0 aliphatic carbocycles. The van der Waals surface area contributed by atoms with Crippen molar-refractivity contribution >= 4 is 83.2 Å². The van der Waals surface area contributed by atoms with Crippen molar-refractivity contribution in [2.45, 2.75) is 0 Å². The van der Waals surface area contributed by atoms with Gasteiger partial charge < -0.3 is 9.46 Å². The van der Waals surface area contributed by atoms with Gasteiger partial charge in [-0.1, -0.05) is 152 Å². The fourth-order valence-corrected chi connectivity index (χ4v) is 11.8. The molecule has 0 spiro atoms. The highest BCUT2D eigenvalue weighted by molar-refractivity contribution is 7.86. The van der Waals surface area contributed by atoms with E-state index in [4.69, 9.17) is 0 Å². The Balaban J connectivity index is 1.09. The largest absolute Gasteiger partial charge is 0.309 e. The molecule has 0 saturated carbocycles. The summed E-state index contributed by atoms with van der Waals surface area (Å²) in [5, 5.41) is 12.4. The van der Waals surface area contributed by atoms with Gasteiger partial charge in [-0.05, 0) is 120 Å². The quantitative estimate of drug-likeness (QED) is 0.133. The lowest BCUT2D eigenvalue weighted by Crippen LogP contribution is -2.36. The van der Waals surface area contributed by atoms with Gasteiger partial charge in [0.05, 0.1) is 11.4 Å². The van der Waals surface area contributed by atoms with E-state index in [9.17, 15) is 0 Å². The van der Waals surface area contributed by atoms with Gasteiger partial charge in [-0.15, -0.1) is 0 Å². The molecule has 0 saturated heterocycles. The molecule has 258 valence electrons. The van der Waals surface area contributed by atoms with E-state index in [-0.39, 0.29) is 0 Å². The predicted octanol–water partition coefficient (Wildman–Crippen LogP) is 13.1. The molecule has 0 amide bonds. The summed E-state index contributed by atoms with van der Waals surface area (Å²) in [6.45, 7) is 0. The first-order valence-corrected chi connectivity index (χ1v) is 20.5. The molecular formula is C52H34NOP. The Morgan fingerprint density at radius 3 is 1.62 bits per heavy atom. The highest BCUT2D eigenvalue weighted by Crippen LogP contribution is 2.55. The van der Waals surface area contributed by atoms with Gasteiger partial charge in [-0.25, -0.2) is 0 Å². The van der Waals surface area contributed by atoms with Crippen LogP contribution in [0.3, 0.4) is 0 Å². The van der Waals surface area contributed by atoms with E-state index < -0.39 is 7.14 Å². The smallest absolute Gasteiger partial charge is 0.175 e. The second-order valence-corrected chi connectivity index (χ2v) is 17.1. The van der Waals surface area contributed by atoms with Gasteiger partial charge in [0, 0.05) is 21.6 Å². The molecule has 0 bridgehead atoms. The van der Waals surface area contributed by atoms with Crippen molar-refractivity contribution in [3.63, 3.8) is 0 Å². The maximum absolute atomic E-state index is 16.0. The number of nitrogens with zero attached hydrogens (tertiary/aromatic N) is 1. The fourth-order valence-electron chi connectivity index (χ4n) is 8.80. The average Bonchev–Trinajstić information content (AvgIpc) is 3.26. The van der Waals surface area contributed by atoms with Crippen LogP contribution in [0, 0.1) is 0 Å². The molecule has 1 aliphatic heterocycles. The molecule has 0 N–H and O–H groups in total. The van der Waals surface area contributed by atoms with E-state index in [1.165, 1.54) is 37.9 Å². The zero-order chi connectivity index (χ0) is 36.5. The number of benzene rings is 10. The summed E-state index contributed by atoms with van der Waals surface area (Å²) in [4.78, 5) is 2.29. The number of hydrogen-bond donors (Lipinski definition) is 0. The molecule has 2 nitrogen and oxygen atoms in total. The van der Waals surface area contributed by atoms with Crippen molar-refractivity contribution in [1.82, 2.24) is 0 Å². The summed E-state index contributed by atoms with van der Waals surface area (Å²) in [5.41, 5.74) is 7.42. The van der Waals surface area contributed by atoms with Gasteiger partial charge in [0.1, 0.15) is 0 Å². The summed E-state index contributed by atoms with van der Waals surface area (Å²) in [6.07, 6.45) is 0. The zero-order valence-corrected chi connectivity index (χ0v) is 30.8. The lowest BCUT2D eigenvalue weighted by Gasteiger charge is -2.38. The summed E-state index contributed by atoms with van der Waals surface area (Å²) >= 11 is 0. The fraction of sp³-hybridized carbons (Fsp3) is 0. The molecule has 0 radical (unpaired) electrons. The van der Waals surface area contributed by atoms with Gasteiger partial charge in [0.25, 0.3) is 0 Å². The number of hydrogen-bond acceptors (Lipinski definition) is 2. The molecule has 11 rings (SSSR count). The van der Waals surface area contributed by atoms with Crippen molar-refractivity contribution in [1.29, 1.82) is 0 Å². The van der Waals surface area contributed by atoms with E-state index in [0.717, 1.165) is 60.4 Å². The first kappa shape index (κ1) is 31.8. The highest BCUT2D eigenvalue weighted by Gasteiger charge is 2.41. The predicted molar refractivity (Wildman–Crippen MR) is 235 cm³/mol. The van der Waals surface area contributed by atoms with Crippen LogP contribution in [-0.4, -0.2) is 0 Å². The third kappa shape index (κ3) is 4.92. The monoisotopic (exact) mass is 719 g/mol. The molecular weight excluding hydrogens is 686 g/mol. The highest BCUT2D eigenvalue weighted by atomic mass is 31.2. The minimum atomic E-state index is -3.28. The lowest BCUT2D eigenvalue weighted by molar-refractivity contribution is 0.592. The van der Waals surface area contributed by atoms with Crippen LogP contribution in [0.5, 0.6) is 0 Å². The Hall–Kier alpha value is -6.73. The van der Waals surface area contributed by atoms with Gasteiger partial charge >= 0.3 is 0 Å². The van der Waals surface area contributed by atoms with E-state index in [1.54, 1.807) is 0 Å². The summed E-state index contributed by atoms with van der Waals surface area (Å²) in [6, 6.07) is 72.9. The van der Waals surface area contributed by atoms with Crippen LogP contribution in [0.1, 0.15) is 0 Å². The van der Waals surface area contributed by atoms with E-state index in [0.29, 0.717) is 0 Å². The maximum atomic E-state index is 16.0. The molecule has 1 atom stereocenters. The van der Waals surface area contributed by atoms with Crippen LogP contribution in [0.15, 0.2) is 206 Å². The van der Waals surface area contributed by atoms with Crippen LogP contribution in [-0.2, 0) is 4.57 Å². The first-order chi connectivity index (χ1) is 27.1. The molecule has 10 aromatic rings. The number of fused-ring (bicyclic) bond motifs is 9. The Bertz CT molecular complexity index is 3170. The van der Waals surface area contributed by atoms with Crippen molar-refractivity contribution in [3.8, 4) is 22.3 Å². The van der Waals surface area contributed by atoms with Crippen molar-refractivity contribution in [3.05, 3.63) is 206 Å². The molecule has 1 unspecified atom stereocenters. The minimum absolute atomic E-state index is 0.846. The number of anilines is 3. The van der Waals surface area contributed by atoms with Crippen molar-refractivity contribution in [2.75, 3.05) is 4.90 Å². The Labute approximate surface area is 319 Å². The Kier molecular flexibility index (Phi) is 7.17. The Morgan fingerprint density at radius 1 is 0.327 bits per heavy atom. The van der Waals surface area contributed by atoms with Crippen LogP contribution in [0.2, 0.25) is 0 Å². The van der Waals surface area contributed by atoms with E-state index >= 15 is 4.57 Å². The molecule has 1 aliphatic rings. The number of rotatable bonds is 4. The number of para-hydroxylation sites is 2. The minimum Gasteiger partial charge on any atom is -0.309 e. The molecule has 0 fully saturated rings. The van der Waals surface area contributed by atoms with Gasteiger partial charge in [0.2, 0.25) is 0 Å². The van der Waals surface area contributed by atoms with Gasteiger partial charge in [0.15, 0.2) is 7.14 Å². The van der Waals surface area contributed by atoms with Gasteiger partial charge in [-0.2, -0.15) is 0 Å². The average molecular weight is 720 g/mol. The lowest BCUT2D eigenvalue weighted by atomic mass is 9.91. The van der Waals surface area contributed by atoms with Crippen LogP contribution in [0.25, 0.3) is 65.3 Å². The SMILES string of the molecule is O=P1(c2ccc3ccccc3c2)c2ccccc2N(c2ccccc2)c2cc(-c3cccc(-c4ccc5c6ccccc6c6ccccc6c5c4)c3)ccc21. The Morgan fingerprint density at radius 2 is 0.873 bits per heavy atom. The molecule has 0 aromatic heterocycles. The summed E-state index contributed by atoms with van der Waals surface area (Å²) in [7, 11) is -3.28. The van der Waals surface area contributed by atoms with E-state index in [2.05, 4.69) is 181 Å². The summed E-state index contributed by atoms with van der Waals surface area (Å²) in [5.74, 6) is 0. The maximum Gasteiger partial charge on any atom is 0.175 e. The van der Waals surface area contributed by atoms with Crippen molar-refractivity contribution in [2.24, 2.45) is 0 Å². The molecule has 3 heteroatoms. The first-order valence-electron chi connectivity index (χ1n) is 18.8. The normalized spacial score (nSPS) is 15.0. The van der Waals surface area contributed by atoms with Gasteiger partial charge in [-0.3, -0.25) is 0 Å². The zero-order valence-electron chi connectivity index (χ0n) is 29.9. The van der Waals surface area contributed by atoms with Crippen LogP contribution >= 0.6 is 7.14 Å². The van der Waals surface area contributed by atoms with Crippen LogP contribution in [0.4, 0.5) is 17.1 Å². The van der Waals surface area contributed by atoms with Crippen molar-refractivity contribution < 1.29 is 4.57 Å². The molecule has 55 heavy (non-hydrogen) atoms. The third-order valence-corrected chi connectivity index (χ3v) is 14.5. The second kappa shape index (κ2) is 12.4. The molecule has 10 aromatic carbocycles. The third-order valence-electron chi connectivity index (χ3n) is 11.4. The second-order valence-electron chi connectivity index (χ2n) is 14.4. The summed E-state index contributed by atoms with van der Waals surface area (Å²) < 4.78 is 16.0. The molecule has 1 heterocycles. The van der Waals surface area contributed by atoms with E-state index in [1.807, 2.05) is 30.3 Å². The topological polar surface area (TPSA) is 20.3 Å². The van der Waals surface area contributed by atoms with Crippen LogP contribution < -0.4 is 20.8 Å².